The molecule has 0 aromatic carbocycles. The van der Waals surface area contributed by atoms with Crippen molar-refractivity contribution in [3.8, 4) is 0 Å². The molecule has 0 aliphatic carbocycles. The summed E-state index contributed by atoms with van der Waals surface area (Å²) in [6, 6.07) is 0. The van der Waals surface area contributed by atoms with Crippen molar-refractivity contribution in [3.63, 3.8) is 0 Å². The van der Waals surface area contributed by atoms with E-state index in [9.17, 15) is 0 Å². The van der Waals surface area contributed by atoms with E-state index >= 15 is 0 Å². The Bertz CT molecular complexity index is 28.0. The molecule has 0 amide bonds. The number of hydrogen-bond donors (Lipinski definition) is 0. The monoisotopic (exact) mass is 267 g/mol. The second-order valence-corrected chi connectivity index (χ2v) is 12.0. The molecule has 0 radical (unpaired) electrons. The Kier molecular flexibility index (Phi) is 42.5. The van der Waals surface area contributed by atoms with Crippen LogP contribution in [0, 0.1) is 0 Å². The molecule has 9 heavy (non-hydrogen) atoms. The van der Waals surface area contributed by atoms with Gasteiger partial charge in [-0.3, -0.25) is 0 Å². The van der Waals surface area contributed by atoms with Crippen LogP contribution in [-0.2, 0) is 9.20 Å². The van der Waals surface area contributed by atoms with Crippen molar-refractivity contribution in [2.75, 3.05) is 0 Å². The molecule has 67 valence electrons. The maximum absolute atomic E-state index is 4.97. The molecular weight excluding hydrogens is 261 g/mol. The van der Waals surface area contributed by atoms with Gasteiger partial charge in [-0.05, 0) is 0 Å². The molecule has 0 aliphatic rings. The summed E-state index contributed by atoms with van der Waals surface area (Å²) in [5.74, 6) is 0. The zero-order valence-corrected chi connectivity index (χ0v) is 8.09. The fourth-order valence-electron chi connectivity index (χ4n) is 0. The molecule has 0 aromatic rings. The van der Waals surface area contributed by atoms with Gasteiger partial charge in [-0.25, -0.2) is 0 Å². The molecule has 0 fully saturated rings. The van der Waals surface area contributed by atoms with E-state index in [0.717, 1.165) is 0 Å². The Morgan fingerprint density at radius 2 is 0.556 bits per heavy atom. The second-order valence-electron chi connectivity index (χ2n) is 0.324. The van der Waals surface area contributed by atoms with Gasteiger partial charge in [0.25, 0.3) is 0 Å². The number of rotatable bonds is 0. The molecule has 0 saturated heterocycles. The number of hydrogen-bond acceptors (Lipinski definition) is 0. The van der Waals surface area contributed by atoms with Gasteiger partial charge in [0.1, 0.15) is 0 Å². The number of halogens is 4. The van der Waals surface area contributed by atoms with Crippen molar-refractivity contribution < 1.29 is 31.1 Å². The van der Waals surface area contributed by atoms with Crippen LogP contribution in [0.4, 0.5) is 0 Å². The van der Waals surface area contributed by atoms with E-state index in [2.05, 4.69) is 0 Å². The van der Waals surface area contributed by atoms with Gasteiger partial charge >= 0.3 is 49.6 Å². The third kappa shape index (κ3) is 233. The topological polar surface area (TPSA) is 126 Å². The van der Waals surface area contributed by atoms with Crippen LogP contribution in [0.2, 0.25) is 0 Å². The molecule has 0 spiro atoms. The second kappa shape index (κ2) is 12.2. The predicted molar refractivity (Wildman–Crippen MR) is 37.9 cm³/mol. The summed E-state index contributed by atoms with van der Waals surface area (Å²) < 4.78 is 0. The van der Waals surface area contributed by atoms with Crippen molar-refractivity contribution in [2.24, 2.45) is 0 Å². The molecule has 0 heterocycles. The van der Waals surface area contributed by atoms with Crippen molar-refractivity contribution in [2.45, 2.75) is 0 Å². The van der Waals surface area contributed by atoms with Crippen LogP contribution in [0.5, 0.6) is 0 Å². The molecule has 0 aromatic heterocycles. The minimum atomic E-state index is -2.74. The summed E-state index contributed by atoms with van der Waals surface area (Å²) in [5.41, 5.74) is 0. The van der Waals surface area contributed by atoms with Crippen LogP contribution < -0.4 is 0 Å². The Hall–Kier alpha value is 1.52. The van der Waals surface area contributed by atoms with E-state index < -0.39 is 9.20 Å². The first kappa shape index (κ1) is 31.3. The zero-order chi connectivity index (χ0) is 4.50. The van der Waals surface area contributed by atoms with E-state index in [0.29, 0.717) is 0 Å². The normalized spacial score (nSPS) is 8.44. The van der Waals surface area contributed by atoms with E-state index in [1.165, 1.54) is 0 Å². The quantitative estimate of drug-likeness (QED) is 0.523. The summed E-state index contributed by atoms with van der Waals surface area (Å²) in [6.45, 7) is 0. The van der Waals surface area contributed by atoms with Crippen LogP contribution >= 0.6 is 40.4 Å². The molecule has 0 rings (SSSR count). The van der Waals surface area contributed by atoms with Gasteiger partial charge in [-0.15, -0.1) is 0 Å². The first-order valence-corrected chi connectivity index (χ1v) is 7.07. The third-order valence-electron chi connectivity index (χ3n) is 0. The van der Waals surface area contributed by atoms with E-state index in [1.54, 1.807) is 0 Å². The molecule has 0 bridgehead atoms. The van der Waals surface area contributed by atoms with Crippen molar-refractivity contribution >= 4 is 40.4 Å². The standard InChI is InChI=1S/4ClH.Mn.4H2O/h4*1H;;4*1H2/q;;;;+4;;;;/p-4. The van der Waals surface area contributed by atoms with Gasteiger partial charge in [0, 0.05) is 0 Å². The zero-order valence-electron chi connectivity index (χ0n) is 3.89. The third-order valence-corrected chi connectivity index (χ3v) is 0. The average molecular weight is 269 g/mol. The van der Waals surface area contributed by atoms with Crippen molar-refractivity contribution in [1.29, 1.82) is 0 Å². The SMILES string of the molecule is O.O.O.O.[Cl][Mn]([Cl])([Cl])[Cl]. The van der Waals surface area contributed by atoms with E-state index in [-0.39, 0.29) is 21.9 Å². The first-order valence-electron chi connectivity index (χ1n) is 0.571. The van der Waals surface area contributed by atoms with Gasteiger partial charge in [-0.1, -0.05) is 0 Å². The molecule has 8 N–H and O–H groups in total. The van der Waals surface area contributed by atoms with E-state index in [1.807, 2.05) is 0 Å². The average Bonchev–Trinajstić information content (AvgIpc) is 0.722. The summed E-state index contributed by atoms with van der Waals surface area (Å²) >= 11 is 0. The van der Waals surface area contributed by atoms with E-state index in [4.69, 9.17) is 40.4 Å². The molecule has 0 aliphatic heterocycles. The van der Waals surface area contributed by atoms with Crippen LogP contribution in [0.15, 0.2) is 0 Å². The molecule has 0 unspecified atom stereocenters. The first-order chi connectivity index (χ1) is 2.00. The molecule has 9 heteroatoms. The van der Waals surface area contributed by atoms with Gasteiger partial charge < -0.3 is 21.9 Å². The van der Waals surface area contributed by atoms with Crippen LogP contribution in [-0.4, -0.2) is 21.9 Å². The summed E-state index contributed by atoms with van der Waals surface area (Å²) in [7, 11) is 17.1. The fourth-order valence-corrected chi connectivity index (χ4v) is 0. The molecular formula is H8Cl4MnO4. The Labute approximate surface area is 71.4 Å². The van der Waals surface area contributed by atoms with Gasteiger partial charge in [-0.2, -0.15) is 0 Å². The minimum absolute atomic E-state index is 0. The summed E-state index contributed by atoms with van der Waals surface area (Å²) in [4.78, 5) is 0. The maximum atomic E-state index is 4.97. The Balaban J connectivity index is -0.0000000133. The van der Waals surface area contributed by atoms with Crippen LogP contribution in [0.25, 0.3) is 0 Å². The van der Waals surface area contributed by atoms with Gasteiger partial charge in [0.2, 0.25) is 0 Å². The Morgan fingerprint density at radius 3 is 0.556 bits per heavy atom. The fraction of sp³-hybridized carbons (Fsp3) is 0. The Morgan fingerprint density at radius 1 is 0.556 bits per heavy atom. The predicted octanol–water partition coefficient (Wildman–Crippen LogP) is -0.543. The molecule has 4 nitrogen and oxygen atoms in total. The van der Waals surface area contributed by atoms with Crippen LogP contribution in [0.3, 0.4) is 0 Å². The van der Waals surface area contributed by atoms with Crippen molar-refractivity contribution in [3.05, 3.63) is 0 Å². The van der Waals surface area contributed by atoms with Crippen molar-refractivity contribution in [1.82, 2.24) is 0 Å². The molecule has 0 atom stereocenters. The van der Waals surface area contributed by atoms with Gasteiger partial charge in [0.15, 0.2) is 0 Å². The molecule has 0 saturated carbocycles. The summed E-state index contributed by atoms with van der Waals surface area (Å²) in [5, 5.41) is 0. The van der Waals surface area contributed by atoms with Gasteiger partial charge in [0.05, 0.1) is 0 Å². The summed E-state index contributed by atoms with van der Waals surface area (Å²) in [6.07, 6.45) is 0. The van der Waals surface area contributed by atoms with Crippen LogP contribution in [0.1, 0.15) is 0 Å².